The number of aromatic nitrogens is 6. The number of para-hydroxylation sites is 2. The van der Waals surface area contributed by atoms with Gasteiger partial charge in [-0.2, -0.15) is 0 Å². The van der Waals surface area contributed by atoms with Gasteiger partial charge in [-0.3, -0.25) is 9.13 Å². The van der Waals surface area contributed by atoms with E-state index >= 15 is 0 Å². The number of hydrogen-bond donors (Lipinski definition) is 0. The van der Waals surface area contributed by atoms with Crippen LogP contribution in [0.1, 0.15) is 71.4 Å². The van der Waals surface area contributed by atoms with Gasteiger partial charge in [0.2, 0.25) is 0 Å². The van der Waals surface area contributed by atoms with Crippen molar-refractivity contribution >= 4 is 23.5 Å². The fraction of sp³-hybridized carbons (Fsp3) is 0.222. The van der Waals surface area contributed by atoms with Crippen LogP contribution in [0.4, 0.5) is 0 Å². The monoisotopic (exact) mass is 612 g/mol. The molecule has 0 radical (unpaired) electrons. The quantitative estimate of drug-likeness (QED) is 0.161. The average molecular weight is 613 g/mol. The first kappa shape index (κ1) is 27.4. The smallest absolute Gasteiger partial charge is 0.195 e. The number of fused-ring (bicyclic) bond motifs is 1. The molecular formula is C36H32N6S2. The Balaban J connectivity index is 1.45. The van der Waals surface area contributed by atoms with Gasteiger partial charge in [0.1, 0.15) is 11.6 Å². The number of benzene rings is 4. The summed E-state index contributed by atoms with van der Waals surface area (Å²) < 4.78 is 4.59. The molecule has 0 amide bonds. The van der Waals surface area contributed by atoms with Crippen LogP contribution in [0.2, 0.25) is 0 Å². The highest BCUT2D eigenvalue weighted by molar-refractivity contribution is 7.99. The van der Waals surface area contributed by atoms with Crippen LogP contribution in [0.3, 0.4) is 0 Å². The number of hydrogen-bond acceptors (Lipinski definition) is 6. The molecule has 0 spiro atoms. The summed E-state index contributed by atoms with van der Waals surface area (Å²) in [6, 6.07) is 39.1. The first-order valence-corrected chi connectivity index (χ1v) is 17.2. The van der Waals surface area contributed by atoms with Crippen LogP contribution < -0.4 is 0 Å². The summed E-state index contributed by atoms with van der Waals surface area (Å²) in [5.74, 6) is 3.92. The van der Waals surface area contributed by atoms with Crippen molar-refractivity contribution < 1.29 is 0 Å². The molecule has 2 atom stereocenters. The van der Waals surface area contributed by atoms with Crippen molar-refractivity contribution in [2.45, 2.75) is 47.8 Å². The van der Waals surface area contributed by atoms with Gasteiger partial charge in [-0.05, 0) is 58.0 Å². The minimum Gasteiger partial charge on any atom is -0.274 e. The fourth-order valence-electron chi connectivity index (χ4n) is 7.38. The SMILES string of the molecule is CCSc1nnc([C@@H]2C3c4ccccc4C(c4ccccc43)[C@H]2c2nnc(SCC)n2-c2ccccc2)n1-c1ccccc1. The maximum atomic E-state index is 5.05. The van der Waals surface area contributed by atoms with Gasteiger partial charge in [-0.15, -0.1) is 20.4 Å². The van der Waals surface area contributed by atoms with Crippen molar-refractivity contribution in [2.75, 3.05) is 11.5 Å². The van der Waals surface area contributed by atoms with Gasteiger partial charge < -0.3 is 0 Å². The molecule has 218 valence electrons. The Bertz CT molecular complexity index is 1750. The van der Waals surface area contributed by atoms with Crippen molar-refractivity contribution in [3.8, 4) is 11.4 Å². The van der Waals surface area contributed by atoms with E-state index in [1.54, 1.807) is 23.5 Å². The normalized spacial score (nSPS) is 20.0. The second kappa shape index (κ2) is 11.4. The van der Waals surface area contributed by atoms with Crippen LogP contribution in [-0.4, -0.2) is 41.0 Å². The lowest BCUT2D eigenvalue weighted by atomic mass is 9.53. The van der Waals surface area contributed by atoms with E-state index in [-0.39, 0.29) is 23.7 Å². The third kappa shape index (κ3) is 4.26. The van der Waals surface area contributed by atoms with E-state index in [0.29, 0.717) is 0 Å². The first-order chi connectivity index (χ1) is 21.8. The topological polar surface area (TPSA) is 61.4 Å². The van der Waals surface area contributed by atoms with Gasteiger partial charge in [-0.25, -0.2) is 0 Å². The third-order valence-electron chi connectivity index (χ3n) is 8.93. The first-order valence-electron chi connectivity index (χ1n) is 15.2. The third-order valence-corrected chi connectivity index (χ3v) is 10.5. The van der Waals surface area contributed by atoms with E-state index in [1.165, 1.54) is 22.3 Å². The molecular weight excluding hydrogens is 581 g/mol. The highest BCUT2D eigenvalue weighted by Crippen LogP contribution is 2.64. The molecule has 0 unspecified atom stereocenters. The van der Waals surface area contributed by atoms with Gasteiger partial charge in [0.25, 0.3) is 0 Å². The zero-order valence-corrected chi connectivity index (χ0v) is 26.2. The van der Waals surface area contributed by atoms with E-state index in [1.807, 2.05) is 0 Å². The molecule has 3 aliphatic carbocycles. The molecule has 4 aromatic carbocycles. The Labute approximate surface area is 266 Å². The van der Waals surface area contributed by atoms with Crippen LogP contribution in [-0.2, 0) is 0 Å². The van der Waals surface area contributed by atoms with Gasteiger partial charge in [-0.1, -0.05) is 122 Å². The number of rotatable bonds is 8. The lowest BCUT2D eigenvalue weighted by molar-refractivity contribution is 0.352. The molecule has 8 heteroatoms. The van der Waals surface area contributed by atoms with Gasteiger partial charge >= 0.3 is 0 Å². The Morgan fingerprint density at radius 1 is 0.477 bits per heavy atom. The molecule has 0 fully saturated rings. The summed E-state index contributed by atoms with van der Waals surface area (Å²) in [5, 5.41) is 21.6. The second-order valence-electron chi connectivity index (χ2n) is 11.2. The van der Waals surface area contributed by atoms with Crippen molar-refractivity contribution in [3.63, 3.8) is 0 Å². The van der Waals surface area contributed by atoms with Gasteiger partial charge in [0, 0.05) is 35.0 Å². The number of thioether (sulfide) groups is 2. The zero-order chi connectivity index (χ0) is 29.6. The molecule has 0 saturated carbocycles. The van der Waals surface area contributed by atoms with E-state index < -0.39 is 0 Å². The van der Waals surface area contributed by atoms with E-state index in [4.69, 9.17) is 20.4 Å². The lowest BCUT2D eigenvalue weighted by Crippen LogP contribution is -2.39. The van der Waals surface area contributed by atoms with E-state index in [0.717, 1.165) is 44.8 Å². The minimum absolute atomic E-state index is 0.0187. The highest BCUT2D eigenvalue weighted by atomic mass is 32.2. The second-order valence-corrected chi connectivity index (χ2v) is 13.6. The van der Waals surface area contributed by atoms with Crippen molar-refractivity contribution in [3.05, 3.63) is 143 Å². The Hall–Kier alpha value is -4.14. The molecule has 0 N–H and O–H groups in total. The summed E-state index contributed by atoms with van der Waals surface area (Å²) in [4.78, 5) is 0. The summed E-state index contributed by atoms with van der Waals surface area (Å²) in [6.07, 6.45) is 0. The molecule has 0 aliphatic heterocycles. The summed E-state index contributed by atoms with van der Waals surface area (Å²) in [6.45, 7) is 4.34. The van der Waals surface area contributed by atoms with Crippen molar-refractivity contribution in [1.29, 1.82) is 0 Å². The van der Waals surface area contributed by atoms with Gasteiger partial charge in [0.05, 0.1) is 0 Å². The minimum atomic E-state index is -0.0187. The molecule has 2 heterocycles. The molecule has 44 heavy (non-hydrogen) atoms. The Morgan fingerprint density at radius 3 is 1.16 bits per heavy atom. The molecule has 3 aliphatic rings. The lowest BCUT2D eigenvalue weighted by Gasteiger charge is -2.49. The van der Waals surface area contributed by atoms with Crippen LogP contribution >= 0.6 is 23.5 Å². The van der Waals surface area contributed by atoms with Crippen molar-refractivity contribution in [2.24, 2.45) is 0 Å². The maximum absolute atomic E-state index is 5.05. The molecule has 2 aromatic heterocycles. The summed E-state index contributed by atoms with van der Waals surface area (Å²) >= 11 is 3.47. The Morgan fingerprint density at radius 2 is 0.818 bits per heavy atom. The summed E-state index contributed by atoms with van der Waals surface area (Å²) in [7, 11) is 0. The van der Waals surface area contributed by atoms with E-state index in [9.17, 15) is 0 Å². The molecule has 6 aromatic rings. The zero-order valence-electron chi connectivity index (χ0n) is 24.6. The van der Waals surface area contributed by atoms with Crippen LogP contribution in [0, 0.1) is 0 Å². The molecule has 0 saturated heterocycles. The molecule has 2 bridgehead atoms. The maximum Gasteiger partial charge on any atom is 0.195 e. The van der Waals surface area contributed by atoms with Crippen LogP contribution in [0.25, 0.3) is 11.4 Å². The van der Waals surface area contributed by atoms with Gasteiger partial charge in [0.15, 0.2) is 10.3 Å². The molecule has 9 rings (SSSR count). The standard InChI is InChI=1S/C36H32N6S2/c1-3-43-35-39-37-33(41(35)23-15-7-5-8-16-23)31-29-25-19-11-13-21-27(25)30(28-22-14-12-20-26(28)29)32(31)34-38-40-36(44-4-2)42(34)24-17-9-6-10-18-24/h5-22,29-32H,3-4H2,1-2H3/t29?,30?,31-,32-/m1/s1. The largest absolute Gasteiger partial charge is 0.274 e. The predicted octanol–water partition coefficient (Wildman–Crippen LogP) is 8.23. The van der Waals surface area contributed by atoms with E-state index in [2.05, 4.69) is 132 Å². The van der Waals surface area contributed by atoms with Crippen LogP contribution in [0.15, 0.2) is 120 Å². The predicted molar refractivity (Wildman–Crippen MR) is 178 cm³/mol. The molecule has 6 nitrogen and oxygen atoms in total. The van der Waals surface area contributed by atoms with Crippen LogP contribution in [0.5, 0.6) is 0 Å². The number of nitrogens with zero attached hydrogens (tertiary/aromatic N) is 6. The Kier molecular flexibility index (Phi) is 7.11. The fourth-order valence-corrected chi connectivity index (χ4v) is 8.75. The summed E-state index contributed by atoms with van der Waals surface area (Å²) in [5.41, 5.74) is 7.66. The van der Waals surface area contributed by atoms with Crippen molar-refractivity contribution in [1.82, 2.24) is 29.5 Å². The average Bonchev–Trinajstić information content (AvgIpc) is 3.70. The highest BCUT2D eigenvalue weighted by Gasteiger charge is 2.54.